The van der Waals surface area contributed by atoms with Crippen molar-refractivity contribution in [1.29, 1.82) is 0 Å². The Balaban J connectivity index is 2.25. The smallest absolute Gasteiger partial charge is 0.195 e. The molecule has 0 aromatic heterocycles. The van der Waals surface area contributed by atoms with Crippen LogP contribution in [-0.2, 0) is 6.42 Å². The van der Waals surface area contributed by atoms with Crippen molar-refractivity contribution in [2.45, 2.75) is 20.3 Å². The van der Waals surface area contributed by atoms with E-state index in [1.807, 2.05) is 12.1 Å². The summed E-state index contributed by atoms with van der Waals surface area (Å²) >= 11 is 5.69. The molecule has 0 amide bonds. The molecule has 0 fully saturated rings. The third-order valence-corrected chi connectivity index (χ3v) is 3.27. The second kappa shape index (κ2) is 6.19. The van der Waals surface area contributed by atoms with Gasteiger partial charge in [-0.15, -0.1) is 0 Å². The number of rotatable bonds is 4. The summed E-state index contributed by atoms with van der Waals surface area (Å²) in [4.78, 5) is 12.2. The van der Waals surface area contributed by atoms with Crippen LogP contribution in [0.5, 0.6) is 0 Å². The second-order valence-corrected chi connectivity index (χ2v) is 5.68. The Labute approximate surface area is 123 Å². The molecule has 2 aromatic carbocycles. The lowest BCUT2D eigenvalue weighted by Crippen LogP contribution is -2.04. The molecule has 0 heterocycles. The molecule has 0 saturated heterocycles. The minimum Gasteiger partial charge on any atom is -0.288 e. The van der Waals surface area contributed by atoms with Crippen LogP contribution in [-0.4, -0.2) is 5.78 Å². The van der Waals surface area contributed by atoms with Gasteiger partial charge in [0.2, 0.25) is 0 Å². The summed E-state index contributed by atoms with van der Waals surface area (Å²) in [5.74, 6) is -0.353. The number of ketones is 1. The van der Waals surface area contributed by atoms with Gasteiger partial charge in [-0.05, 0) is 36.1 Å². The molecule has 0 atom stereocenters. The van der Waals surface area contributed by atoms with Gasteiger partial charge in [0.05, 0.1) is 5.56 Å². The topological polar surface area (TPSA) is 17.1 Å². The number of carbonyl (C=O) groups excluding carboxylic acids is 1. The van der Waals surface area contributed by atoms with Gasteiger partial charge in [0.25, 0.3) is 0 Å². The molecule has 2 rings (SSSR count). The molecule has 20 heavy (non-hydrogen) atoms. The van der Waals surface area contributed by atoms with Crippen LogP contribution in [0.2, 0.25) is 5.02 Å². The predicted octanol–water partition coefficient (Wildman–Crippen LogP) is 4.91. The van der Waals surface area contributed by atoms with Crippen molar-refractivity contribution >= 4 is 17.4 Å². The lowest BCUT2D eigenvalue weighted by atomic mass is 9.98. The first-order chi connectivity index (χ1) is 9.47. The molecule has 0 radical (unpaired) electrons. The van der Waals surface area contributed by atoms with Crippen LogP contribution in [0, 0.1) is 11.7 Å². The molecular weight excluding hydrogens is 275 g/mol. The van der Waals surface area contributed by atoms with Crippen molar-refractivity contribution in [1.82, 2.24) is 0 Å². The summed E-state index contributed by atoms with van der Waals surface area (Å²) in [5.41, 5.74) is 1.71. The van der Waals surface area contributed by atoms with Crippen LogP contribution in [0.1, 0.15) is 35.3 Å². The highest BCUT2D eigenvalue weighted by molar-refractivity contribution is 6.30. The van der Waals surface area contributed by atoms with Crippen LogP contribution in [0.4, 0.5) is 4.39 Å². The first kappa shape index (κ1) is 14.7. The fourth-order valence-electron chi connectivity index (χ4n) is 2.09. The van der Waals surface area contributed by atoms with Crippen LogP contribution < -0.4 is 0 Å². The van der Waals surface area contributed by atoms with Crippen molar-refractivity contribution in [2.24, 2.45) is 5.92 Å². The van der Waals surface area contributed by atoms with Gasteiger partial charge < -0.3 is 0 Å². The highest BCUT2D eigenvalue weighted by atomic mass is 35.5. The molecule has 0 bridgehead atoms. The molecule has 0 aliphatic heterocycles. The van der Waals surface area contributed by atoms with Gasteiger partial charge in [-0.1, -0.05) is 49.7 Å². The Hall–Kier alpha value is -1.67. The van der Waals surface area contributed by atoms with Gasteiger partial charge in [0, 0.05) is 10.6 Å². The molecule has 0 aliphatic rings. The summed E-state index contributed by atoms with van der Waals surface area (Å²) < 4.78 is 13.7. The van der Waals surface area contributed by atoms with Gasteiger partial charge >= 0.3 is 0 Å². The Bertz CT molecular complexity index is 617. The van der Waals surface area contributed by atoms with E-state index >= 15 is 0 Å². The molecule has 1 nitrogen and oxygen atoms in total. The molecular formula is C17H16ClFO. The van der Waals surface area contributed by atoms with E-state index in [1.54, 1.807) is 12.1 Å². The SMILES string of the molecule is CC(C)Cc1ccc(C(=O)c2ccc(Cl)cc2F)cc1. The second-order valence-electron chi connectivity index (χ2n) is 5.25. The molecule has 104 valence electrons. The summed E-state index contributed by atoms with van der Waals surface area (Å²) in [7, 11) is 0. The zero-order valence-corrected chi connectivity index (χ0v) is 12.2. The molecule has 0 aliphatic carbocycles. The van der Waals surface area contributed by atoms with Crippen molar-refractivity contribution in [3.8, 4) is 0 Å². The van der Waals surface area contributed by atoms with Crippen LogP contribution in [0.3, 0.4) is 0 Å². The largest absolute Gasteiger partial charge is 0.288 e. The maximum atomic E-state index is 13.7. The maximum Gasteiger partial charge on any atom is 0.195 e. The van der Waals surface area contributed by atoms with E-state index in [1.165, 1.54) is 17.7 Å². The highest BCUT2D eigenvalue weighted by Gasteiger charge is 2.14. The number of hydrogen-bond donors (Lipinski definition) is 0. The zero-order chi connectivity index (χ0) is 14.7. The molecule has 0 spiro atoms. The molecule has 0 saturated carbocycles. The lowest BCUT2D eigenvalue weighted by Gasteiger charge is -2.07. The minimum absolute atomic E-state index is 0.0472. The molecule has 3 heteroatoms. The molecule has 2 aromatic rings. The summed E-state index contributed by atoms with van der Waals surface area (Å²) in [6, 6.07) is 11.4. The van der Waals surface area contributed by atoms with E-state index in [-0.39, 0.29) is 16.4 Å². The normalized spacial score (nSPS) is 10.8. The zero-order valence-electron chi connectivity index (χ0n) is 11.5. The molecule has 0 N–H and O–H groups in total. The van der Waals surface area contributed by atoms with Gasteiger partial charge in [0.15, 0.2) is 5.78 Å². The van der Waals surface area contributed by atoms with E-state index in [4.69, 9.17) is 11.6 Å². The monoisotopic (exact) mass is 290 g/mol. The number of carbonyl (C=O) groups is 1. The third-order valence-electron chi connectivity index (χ3n) is 3.04. The van der Waals surface area contributed by atoms with E-state index in [0.29, 0.717) is 11.5 Å². The van der Waals surface area contributed by atoms with Gasteiger partial charge in [-0.3, -0.25) is 4.79 Å². The number of benzene rings is 2. The van der Waals surface area contributed by atoms with E-state index in [0.717, 1.165) is 12.5 Å². The standard InChI is InChI=1S/C17H16ClFO/c1-11(2)9-12-3-5-13(6-4-12)17(20)15-8-7-14(18)10-16(15)19/h3-8,10-11H,9H2,1-2H3. The average molecular weight is 291 g/mol. The first-order valence-electron chi connectivity index (χ1n) is 6.56. The van der Waals surface area contributed by atoms with E-state index in [2.05, 4.69) is 13.8 Å². The first-order valence-corrected chi connectivity index (χ1v) is 6.94. The summed E-state index contributed by atoms with van der Waals surface area (Å²) in [5, 5.41) is 0.284. The molecule has 0 unspecified atom stereocenters. The third kappa shape index (κ3) is 3.45. The summed E-state index contributed by atoms with van der Waals surface area (Å²) in [6.07, 6.45) is 0.962. The Kier molecular flexibility index (Phi) is 4.56. The van der Waals surface area contributed by atoms with Crippen LogP contribution in [0.25, 0.3) is 0 Å². The fraction of sp³-hybridized carbons (Fsp3) is 0.235. The fourth-order valence-corrected chi connectivity index (χ4v) is 2.25. The van der Waals surface area contributed by atoms with Crippen LogP contribution >= 0.6 is 11.6 Å². The summed E-state index contributed by atoms with van der Waals surface area (Å²) in [6.45, 7) is 4.28. The average Bonchev–Trinajstić information content (AvgIpc) is 2.38. The minimum atomic E-state index is -0.589. The maximum absolute atomic E-state index is 13.7. The van der Waals surface area contributed by atoms with Crippen molar-refractivity contribution in [3.05, 3.63) is 70.0 Å². The van der Waals surface area contributed by atoms with Crippen molar-refractivity contribution in [3.63, 3.8) is 0 Å². The van der Waals surface area contributed by atoms with Gasteiger partial charge in [-0.2, -0.15) is 0 Å². The van der Waals surface area contributed by atoms with E-state index < -0.39 is 5.82 Å². The number of halogens is 2. The van der Waals surface area contributed by atoms with Gasteiger partial charge in [-0.25, -0.2) is 4.39 Å². The van der Waals surface area contributed by atoms with Crippen LogP contribution in [0.15, 0.2) is 42.5 Å². The van der Waals surface area contributed by atoms with E-state index in [9.17, 15) is 9.18 Å². The lowest BCUT2D eigenvalue weighted by molar-refractivity contribution is 0.103. The van der Waals surface area contributed by atoms with Gasteiger partial charge in [0.1, 0.15) is 5.82 Å². The highest BCUT2D eigenvalue weighted by Crippen LogP contribution is 2.19. The predicted molar refractivity (Wildman–Crippen MR) is 79.8 cm³/mol. The Morgan fingerprint density at radius 1 is 1.15 bits per heavy atom. The quantitative estimate of drug-likeness (QED) is 0.731. The number of hydrogen-bond acceptors (Lipinski definition) is 1. The van der Waals surface area contributed by atoms with Crippen molar-refractivity contribution in [2.75, 3.05) is 0 Å². The van der Waals surface area contributed by atoms with Crippen molar-refractivity contribution < 1.29 is 9.18 Å². The Morgan fingerprint density at radius 3 is 2.35 bits per heavy atom. The Morgan fingerprint density at radius 2 is 1.80 bits per heavy atom.